The number of ether oxygens (including phenoxy) is 1. The molecular weight excluding hydrogens is 400 g/mol. The first-order chi connectivity index (χ1) is 15.3. The minimum Gasteiger partial charge on any atom is -0.491 e. The van der Waals surface area contributed by atoms with Crippen LogP contribution in [0.25, 0.3) is 5.57 Å². The highest BCUT2D eigenvalue weighted by atomic mass is 16.5. The predicted molar refractivity (Wildman–Crippen MR) is 128 cm³/mol. The van der Waals surface area contributed by atoms with Gasteiger partial charge in [-0.05, 0) is 69.7 Å². The molecule has 3 aromatic rings. The smallest absolute Gasteiger partial charge is 0.282 e. The van der Waals surface area contributed by atoms with Crippen molar-refractivity contribution in [3.8, 4) is 5.75 Å². The Morgan fingerprint density at radius 2 is 1.31 bits per heavy atom. The van der Waals surface area contributed by atoms with Crippen LogP contribution in [0.3, 0.4) is 0 Å². The van der Waals surface area contributed by atoms with Crippen molar-refractivity contribution >= 4 is 28.8 Å². The van der Waals surface area contributed by atoms with E-state index in [1.807, 2.05) is 88.4 Å². The number of aryl methyl sites for hydroxylation is 2. The summed E-state index contributed by atoms with van der Waals surface area (Å²) in [4.78, 5) is 28.1. The summed E-state index contributed by atoms with van der Waals surface area (Å²) in [6.07, 6.45) is 0.0711. The van der Waals surface area contributed by atoms with Crippen molar-refractivity contribution in [2.24, 2.45) is 0 Å². The van der Waals surface area contributed by atoms with Crippen molar-refractivity contribution in [2.75, 3.05) is 10.2 Å². The van der Waals surface area contributed by atoms with Gasteiger partial charge >= 0.3 is 0 Å². The summed E-state index contributed by atoms with van der Waals surface area (Å²) in [5, 5.41) is 3.19. The quantitative estimate of drug-likeness (QED) is 0.530. The summed E-state index contributed by atoms with van der Waals surface area (Å²) >= 11 is 0. The van der Waals surface area contributed by atoms with Gasteiger partial charge in [0.1, 0.15) is 11.4 Å². The van der Waals surface area contributed by atoms with Gasteiger partial charge in [0.25, 0.3) is 11.8 Å². The van der Waals surface area contributed by atoms with Crippen LogP contribution in [-0.2, 0) is 9.59 Å². The van der Waals surface area contributed by atoms with Gasteiger partial charge in [-0.2, -0.15) is 0 Å². The number of nitrogens with one attached hydrogen (secondary N) is 1. The van der Waals surface area contributed by atoms with E-state index in [9.17, 15) is 9.59 Å². The first kappa shape index (κ1) is 21.4. The Balaban J connectivity index is 1.73. The summed E-state index contributed by atoms with van der Waals surface area (Å²) < 4.78 is 5.69. The Labute approximate surface area is 188 Å². The Kier molecular flexibility index (Phi) is 5.82. The lowest BCUT2D eigenvalue weighted by Gasteiger charge is -2.16. The number of carbonyl (C=O) groups is 2. The number of rotatable bonds is 6. The lowest BCUT2D eigenvalue weighted by molar-refractivity contribution is -0.120. The van der Waals surface area contributed by atoms with Crippen molar-refractivity contribution in [3.63, 3.8) is 0 Å². The van der Waals surface area contributed by atoms with Crippen molar-refractivity contribution in [3.05, 3.63) is 95.2 Å². The average Bonchev–Trinajstić information content (AvgIpc) is 3.00. The van der Waals surface area contributed by atoms with Crippen molar-refractivity contribution < 1.29 is 14.3 Å². The van der Waals surface area contributed by atoms with Crippen LogP contribution in [0.2, 0.25) is 0 Å². The molecule has 3 aromatic carbocycles. The maximum Gasteiger partial charge on any atom is 0.282 e. The van der Waals surface area contributed by atoms with Gasteiger partial charge < -0.3 is 10.1 Å². The maximum atomic E-state index is 13.4. The molecule has 1 heterocycles. The molecule has 0 spiro atoms. The van der Waals surface area contributed by atoms with Crippen LogP contribution >= 0.6 is 0 Å². The second-order valence-electron chi connectivity index (χ2n) is 8.21. The van der Waals surface area contributed by atoms with Gasteiger partial charge in [0, 0.05) is 5.69 Å². The molecule has 1 aliphatic rings. The number of hydrogen-bond donors (Lipinski definition) is 1. The van der Waals surface area contributed by atoms with Crippen molar-refractivity contribution in [1.82, 2.24) is 0 Å². The van der Waals surface area contributed by atoms with E-state index >= 15 is 0 Å². The van der Waals surface area contributed by atoms with Crippen LogP contribution in [0.15, 0.2) is 78.5 Å². The minimum absolute atomic E-state index is 0.0711. The molecule has 0 aliphatic carbocycles. The molecule has 0 bridgehead atoms. The Bertz CT molecular complexity index is 1180. The highest BCUT2D eigenvalue weighted by Gasteiger charge is 2.40. The fraction of sp³-hybridized carbons (Fsp3) is 0.185. The van der Waals surface area contributed by atoms with E-state index in [-0.39, 0.29) is 23.6 Å². The van der Waals surface area contributed by atoms with Gasteiger partial charge in [-0.15, -0.1) is 0 Å². The fourth-order valence-corrected chi connectivity index (χ4v) is 3.60. The molecule has 1 N–H and O–H groups in total. The van der Waals surface area contributed by atoms with Crippen LogP contribution in [0, 0.1) is 13.8 Å². The van der Waals surface area contributed by atoms with Crippen LogP contribution in [0.4, 0.5) is 11.4 Å². The second-order valence-corrected chi connectivity index (χ2v) is 8.21. The molecule has 0 saturated heterocycles. The monoisotopic (exact) mass is 426 g/mol. The molecule has 0 radical (unpaired) electrons. The Hall–Kier alpha value is -3.86. The van der Waals surface area contributed by atoms with Gasteiger partial charge in [-0.1, -0.05) is 47.5 Å². The molecule has 0 saturated carbocycles. The summed E-state index contributed by atoms with van der Waals surface area (Å²) in [7, 11) is 0. The molecule has 5 heteroatoms. The third-order valence-electron chi connectivity index (χ3n) is 5.21. The first-order valence-electron chi connectivity index (χ1n) is 10.6. The number of carbonyl (C=O) groups excluding carboxylic acids is 2. The van der Waals surface area contributed by atoms with Gasteiger partial charge in [0.15, 0.2) is 0 Å². The molecule has 5 nitrogen and oxygen atoms in total. The third kappa shape index (κ3) is 4.28. The fourth-order valence-electron chi connectivity index (χ4n) is 3.60. The molecule has 162 valence electrons. The molecular formula is C27H26N2O3. The van der Waals surface area contributed by atoms with Crippen molar-refractivity contribution in [2.45, 2.75) is 33.8 Å². The van der Waals surface area contributed by atoms with Crippen molar-refractivity contribution in [1.29, 1.82) is 0 Å². The summed E-state index contributed by atoms with van der Waals surface area (Å²) in [5.74, 6) is 0.0234. The molecule has 4 rings (SSSR count). The van der Waals surface area contributed by atoms with E-state index in [0.717, 1.165) is 16.9 Å². The molecule has 0 atom stereocenters. The summed E-state index contributed by atoms with van der Waals surface area (Å²) in [6, 6.07) is 22.3. The lowest BCUT2D eigenvalue weighted by Crippen LogP contribution is -2.32. The zero-order valence-corrected chi connectivity index (χ0v) is 18.7. The maximum absolute atomic E-state index is 13.4. The van der Waals surface area contributed by atoms with E-state index in [0.29, 0.717) is 22.5 Å². The number of nitrogens with zero attached hydrogens (tertiary/aromatic N) is 1. The molecule has 0 unspecified atom stereocenters. The first-order valence-corrected chi connectivity index (χ1v) is 10.6. The minimum atomic E-state index is -0.378. The second kappa shape index (κ2) is 8.71. The zero-order chi connectivity index (χ0) is 22.8. The lowest BCUT2D eigenvalue weighted by atomic mass is 10.0. The van der Waals surface area contributed by atoms with Gasteiger partial charge in [-0.3, -0.25) is 9.59 Å². The normalized spacial score (nSPS) is 13.8. The largest absolute Gasteiger partial charge is 0.491 e. The van der Waals surface area contributed by atoms with E-state index in [1.54, 1.807) is 12.1 Å². The van der Waals surface area contributed by atoms with E-state index in [2.05, 4.69) is 5.32 Å². The van der Waals surface area contributed by atoms with E-state index in [1.165, 1.54) is 4.90 Å². The highest BCUT2D eigenvalue weighted by molar-refractivity contribution is 6.46. The van der Waals surface area contributed by atoms with Crippen LogP contribution in [0.5, 0.6) is 5.75 Å². The molecule has 2 amide bonds. The molecule has 32 heavy (non-hydrogen) atoms. The van der Waals surface area contributed by atoms with Crippen LogP contribution in [-0.4, -0.2) is 17.9 Å². The predicted octanol–water partition coefficient (Wildman–Crippen LogP) is 5.49. The molecule has 0 aromatic heterocycles. The summed E-state index contributed by atoms with van der Waals surface area (Å²) in [5.41, 5.74) is 4.71. The number of benzene rings is 3. The van der Waals surface area contributed by atoms with Gasteiger partial charge in [0.05, 0.1) is 17.4 Å². The number of imide groups is 1. The van der Waals surface area contributed by atoms with Gasteiger partial charge in [-0.25, -0.2) is 4.90 Å². The Morgan fingerprint density at radius 3 is 1.88 bits per heavy atom. The topological polar surface area (TPSA) is 58.6 Å². The standard InChI is InChI=1S/C27H26N2O3/c1-17(2)32-23-15-11-21(12-16-23)28-25-24(20-9-5-18(3)6-10-20)26(30)29(27(25)31)22-13-7-19(4)8-14-22/h5-17,28H,1-4H3. The zero-order valence-electron chi connectivity index (χ0n) is 18.7. The SMILES string of the molecule is Cc1ccc(C2=C(Nc3ccc(OC(C)C)cc3)C(=O)N(c3ccc(C)cc3)C2=O)cc1. The third-order valence-corrected chi connectivity index (χ3v) is 5.21. The number of amides is 2. The molecule has 1 aliphatic heterocycles. The van der Waals surface area contributed by atoms with Crippen LogP contribution < -0.4 is 15.0 Å². The van der Waals surface area contributed by atoms with E-state index in [4.69, 9.17) is 4.74 Å². The van der Waals surface area contributed by atoms with Crippen LogP contribution in [0.1, 0.15) is 30.5 Å². The average molecular weight is 427 g/mol. The Morgan fingerprint density at radius 1 is 0.750 bits per heavy atom. The van der Waals surface area contributed by atoms with E-state index < -0.39 is 0 Å². The number of anilines is 2. The summed E-state index contributed by atoms with van der Waals surface area (Å²) in [6.45, 7) is 7.88. The van der Waals surface area contributed by atoms with Gasteiger partial charge in [0.2, 0.25) is 0 Å². The molecule has 0 fully saturated rings. The highest BCUT2D eigenvalue weighted by Crippen LogP contribution is 2.34. The number of hydrogen-bond acceptors (Lipinski definition) is 4.